The summed E-state index contributed by atoms with van der Waals surface area (Å²) in [7, 11) is 5.32. The van der Waals surface area contributed by atoms with Crippen LogP contribution in [0.3, 0.4) is 0 Å². The number of hydrogen-bond acceptors (Lipinski definition) is 4. The molecule has 5 nitrogen and oxygen atoms in total. The highest BCUT2D eigenvalue weighted by molar-refractivity contribution is 5.72. The molecule has 0 unspecified atom stereocenters. The van der Waals surface area contributed by atoms with Gasteiger partial charge in [-0.05, 0) is 31.4 Å². The van der Waals surface area contributed by atoms with Crippen LogP contribution in [-0.4, -0.2) is 30.5 Å². The quantitative estimate of drug-likeness (QED) is 0.943. The molecule has 0 atom stereocenters. The van der Waals surface area contributed by atoms with Crippen molar-refractivity contribution in [1.82, 2.24) is 9.78 Å². The summed E-state index contributed by atoms with van der Waals surface area (Å²) in [6, 6.07) is 5.90. The number of benzene rings is 1. The number of rotatable bonds is 3. The van der Waals surface area contributed by atoms with E-state index in [0.29, 0.717) is 0 Å². The number of aryl methyl sites for hydroxylation is 1. The summed E-state index contributed by atoms with van der Waals surface area (Å²) in [4.78, 5) is 0. The van der Waals surface area contributed by atoms with Crippen LogP contribution in [0.1, 0.15) is 18.4 Å². The first-order chi connectivity index (χ1) is 10.2. The van der Waals surface area contributed by atoms with Gasteiger partial charge in [-0.3, -0.25) is 4.68 Å². The Morgan fingerprint density at radius 1 is 1.10 bits per heavy atom. The minimum absolute atomic E-state index is 0.783. The van der Waals surface area contributed by atoms with E-state index in [1.54, 1.807) is 14.2 Å². The number of nitrogens with zero attached hydrogens (tertiary/aromatic N) is 2. The third-order valence-electron chi connectivity index (χ3n) is 3.92. The summed E-state index contributed by atoms with van der Waals surface area (Å²) in [5.41, 5.74) is 3.33. The minimum Gasteiger partial charge on any atom is -0.497 e. The maximum absolute atomic E-state index is 5.36. The van der Waals surface area contributed by atoms with Crippen LogP contribution in [0, 0.1) is 0 Å². The third-order valence-corrected chi connectivity index (χ3v) is 3.92. The van der Waals surface area contributed by atoms with E-state index in [1.165, 1.54) is 18.4 Å². The molecule has 1 N–H and O–H groups in total. The second-order valence-electron chi connectivity index (χ2n) is 5.28. The predicted octanol–water partition coefficient (Wildman–Crippen LogP) is 2.85. The Kier molecular flexibility index (Phi) is 3.73. The summed E-state index contributed by atoms with van der Waals surface area (Å²) >= 11 is 0. The minimum atomic E-state index is 0.783. The number of fused-ring (bicyclic) bond motifs is 1. The summed E-state index contributed by atoms with van der Waals surface area (Å²) in [6.45, 7) is 1.01. The molecule has 3 rings (SSSR count). The molecule has 2 heterocycles. The van der Waals surface area contributed by atoms with Crippen molar-refractivity contribution in [3.63, 3.8) is 0 Å². The van der Waals surface area contributed by atoms with Gasteiger partial charge in [-0.2, -0.15) is 5.10 Å². The lowest BCUT2D eigenvalue weighted by molar-refractivity contribution is 0.394. The fraction of sp³-hybridized carbons (Fsp3) is 0.438. The number of nitrogens with one attached hydrogen (secondary N) is 1. The highest BCUT2D eigenvalue weighted by atomic mass is 16.5. The number of aromatic nitrogens is 2. The van der Waals surface area contributed by atoms with E-state index in [2.05, 4.69) is 5.32 Å². The Morgan fingerprint density at radius 2 is 1.81 bits per heavy atom. The van der Waals surface area contributed by atoms with Gasteiger partial charge in [0.1, 0.15) is 17.3 Å². The van der Waals surface area contributed by atoms with E-state index in [1.807, 2.05) is 29.9 Å². The van der Waals surface area contributed by atoms with Gasteiger partial charge >= 0.3 is 0 Å². The second kappa shape index (κ2) is 5.68. The van der Waals surface area contributed by atoms with E-state index in [4.69, 9.17) is 14.6 Å². The van der Waals surface area contributed by atoms with Gasteiger partial charge in [0.05, 0.1) is 19.9 Å². The number of hydrogen-bond donors (Lipinski definition) is 1. The molecule has 0 bridgehead atoms. The van der Waals surface area contributed by atoms with E-state index in [9.17, 15) is 0 Å². The molecule has 0 saturated heterocycles. The number of methoxy groups -OCH3 is 2. The summed E-state index contributed by atoms with van der Waals surface area (Å²) in [6.07, 6.45) is 3.42. The van der Waals surface area contributed by atoms with Gasteiger partial charge in [-0.25, -0.2) is 0 Å². The summed E-state index contributed by atoms with van der Waals surface area (Å²) < 4.78 is 12.7. The summed E-state index contributed by atoms with van der Waals surface area (Å²) in [5.74, 6) is 2.69. The lowest BCUT2D eigenvalue weighted by atomic mass is 10.0. The van der Waals surface area contributed by atoms with Crippen LogP contribution in [0.15, 0.2) is 18.2 Å². The number of anilines is 1. The Bertz CT molecular complexity index is 627. The largest absolute Gasteiger partial charge is 0.497 e. The lowest BCUT2D eigenvalue weighted by Crippen LogP contribution is -2.04. The van der Waals surface area contributed by atoms with Gasteiger partial charge in [0.15, 0.2) is 0 Å². The lowest BCUT2D eigenvalue weighted by Gasteiger charge is -2.08. The first-order valence-corrected chi connectivity index (χ1v) is 7.26. The standard InChI is InChI=1S/C16H21N3O2/c1-19-16-14(6-4-5-7-17-16)15(18-19)11-8-12(20-2)10-13(9-11)21-3/h8-10,17H,4-7H2,1-3H3. The van der Waals surface area contributed by atoms with Gasteiger partial charge in [0.25, 0.3) is 0 Å². The normalized spacial score (nSPS) is 14.0. The van der Waals surface area contributed by atoms with Crippen LogP contribution in [0.4, 0.5) is 5.82 Å². The Labute approximate surface area is 124 Å². The van der Waals surface area contributed by atoms with E-state index in [0.717, 1.165) is 41.5 Å². The first kappa shape index (κ1) is 13.8. The van der Waals surface area contributed by atoms with Gasteiger partial charge < -0.3 is 14.8 Å². The molecule has 1 aromatic carbocycles. The molecule has 112 valence electrons. The SMILES string of the molecule is COc1cc(OC)cc(-c2nn(C)c3c2CCCCN3)c1. The molecule has 21 heavy (non-hydrogen) atoms. The van der Waals surface area contributed by atoms with Crippen LogP contribution >= 0.6 is 0 Å². The van der Waals surface area contributed by atoms with Gasteiger partial charge in [0.2, 0.25) is 0 Å². The van der Waals surface area contributed by atoms with Gasteiger partial charge in [-0.1, -0.05) is 0 Å². The second-order valence-corrected chi connectivity index (χ2v) is 5.28. The summed E-state index contributed by atoms with van der Waals surface area (Å²) in [5, 5.41) is 8.18. The molecule has 1 aliphatic rings. The maximum Gasteiger partial charge on any atom is 0.127 e. The van der Waals surface area contributed by atoms with E-state index < -0.39 is 0 Å². The Morgan fingerprint density at radius 3 is 2.48 bits per heavy atom. The molecule has 0 aliphatic carbocycles. The number of ether oxygens (including phenoxy) is 2. The van der Waals surface area contributed by atoms with Crippen LogP contribution in [0.5, 0.6) is 11.5 Å². The molecule has 0 fully saturated rings. The molecule has 0 saturated carbocycles. The fourth-order valence-corrected chi connectivity index (χ4v) is 2.84. The zero-order valence-electron chi connectivity index (χ0n) is 12.8. The van der Waals surface area contributed by atoms with E-state index >= 15 is 0 Å². The van der Waals surface area contributed by atoms with E-state index in [-0.39, 0.29) is 0 Å². The molecule has 5 heteroatoms. The van der Waals surface area contributed by atoms with Crippen molar-refractivity contribution in [2.24, 2.45) is 7.05 Å². The van der Waals surface area contributed by atoms with Crippen LogP contribution in [0.2, 0.25) is 0 Å². The van der Waals surface area contributed by atoms with Crippen molar-refractivity contribution in [1.29, 1.82) is 0 Å². The highest BCUT2D eigenvalue weighted by Crippen LogP contribution is 2.35. The molecule has 0 spiro atoms. The smallest absolute Gasteiger partial charge is 0.127 e. The predicted molar refractivity (Wildman–Crippen MR) is 83.2 cm³/mol. The van der Waals surface area contributed by atoms with Crippen molar-refractivity contribution in [3.05, 3.63) is 23.8 Å². The third kappa shape index (κ3) is 2.55. The van der Waals surface area contributed by atoms with Crippen LogP contribution in [-0.2, 0) is 13.5 Å². The van der Waals surface area contributed by atoms with Crippen molar-refractivity contribution in [2.75, 3.05) is 26.1 Å². The molecule has 0 amide bonds. The molecular formula is C16H21N3O2. The molecule has 1 aromatic heterocycles. The topological polar surface area (TPSA) is 48.3 Å². The molecule has 0 radical (unpaired) electrons. The van der Waals surface area contributed by atoms with Crippen LogP contribution in [0.25, 0.3) is 11.3 Å². The van der Waals surface area contributed by atoms with Crippen molar-refractivity contribution in [2.45, 2.75) is 19.3 Å². The zero-order chi connectivity index (χ0) is 14.8. The fourth-order valence-electron chi connectivity index (χ4n) is 2.84. The zero-order valence-corrected chi connectivity index (χ0v) is 12.8. The highest BCUT2D eigenvalue weighted by Gasteiger charge is 2.20. The van der Waals surface area contributed by atoms with Crippen molar-refractivity contribution in [3.8, 4) is 22.8 Å². The average Bonchev–Trinajstić information content (AvgIpc) is 2.70. The molecular weight excluding hydrogens is 266 g/mol. The Hall–Kier alpha value is -2.17. The van der Waals surface area contributed by atoms with Crippen molar-refractivity contribution < 1.29 is 9.47 Å². The maximum atomic E-state index is 5.36. The molecule has 1 aliphatic heterocycles. The van der Waals surface area contributed by atoms with Gasteiger partial charge in [0, 0.05) is 30.8 Å². The molecule has 2 aromatic rings. The average molecular weight is 287 g/mol. The van der Waals surface area contributed by atoms with Gasteiger partial charge in [-0.15, -0.1) is 0 Å². The monoisotopic (exact) mass is 287 g/mol. The van der Waals surface area contributed by atoms with Crippen LogP contribution < -0.4 is 14.8 Å². The Balaban J connectivity index is 2.12. The van der Waals surface area contributed by atoms with Crippen molar-refractivity contribution >= 4 is 5.82 Å². The first-order valence-electron chi connectivity index (χ1n) is 7.26.